The smallest absolute Gasteiger partial charge is 0.414 e. The van der Waals surface area contributed by atoms with Crippen molar-refractivity contribution in [1.82, 2.24) is 14.5 Å². The second kappa shape index (κ2) is 3.66. The van der Waals surface area contributed by atoms with E-state index >= 15 is 0 Å². The summed E-state index contributed by atoms with van der Waals surface area (Å²) in [5.74, 6) is 0. The summed E-state index contributed by atoms with van der Waals surface area (Å²) in [5.41, 5.74) is 0.496. The molecule has 1 aliphatic heterocycles. The molecule has 0 aliphatic carbocycles. The van der Waals surface area contributed by atoms with E-state index in [0.717, 1.165) is 5.69 Å². The number of hydrogen-bond acceptors (Lipinski definition) is 3. The van der Waals surface area contributed by atoms with E-state index in [2.05, 4.69) is 4.98 Å². The molecule has 0 aromatic carbocycles. The number of rotatable bonds is 0. The minimum Gasteiger partial charge on any atom is -0.443 e. The summed E-state index contributed by atoms with van der Waals surface area (Å²) >= 11 is 0. The van der Waals surface area contributed by atoms with Gasteiger partial charge in [0.15, 0.2) is 0 Å². The van der Waals surface area contributed by atoms with E-state index in [1.54, 1.807) is 24.9 Å². The number of hydrogen-bond donors (Lipinski definition) is 0. The summed E-state index contributed by atoms with van der Waals surface area (Å²) in [7, 11) is 0. The molecule has 0 unspecified atom stereocenters. The molecule has 1 amide bonds. The predicted octanol–water partition coefficient (Wildman–Crippen LogP) is 2.06. The molecule has 86 valence electrons. The molecule has 1 aliphatic rings. The van der Waals surface area contributed by atoms with E-state index in [0.29, 0.717) is 6.54 Å². The molecule has 5 nitrogen and oxygen atoms in total. The van der Waals surface area contributed by atoms with Gasteiger partial charge in [0.2, 0.25) is 0 Å². The molecule has 5 heteroatoms. The zero-order chi connectivity index (χ0) is 11.8. The van der Waals surface area contributed by atoms with Crippen molar-refractivity contribution in [3.05, 3.63) is 24.4 Å². The summed E-state index contributed by atoms with van der Waals surface area (Å²) in [4.78, 5) is 17.3. The Balaban J connectivity index is 2.06. The Labute approximate surface area is 94.3 Å². The molecule has 0 saturated carbocycles. The lowest BCUT2D eigenvalue weighted by Crippen LogP contribution is -2.34. The van der Waals surface area contributed by atoms with Crippen molar-refractivity contribution in [2.75, 3.05) is 0 Å². The van der Waals surface area contributed by atoms with Gasteiger partial charge in [-0.15, -0.1) is 0 Å². The van der Waals surface area contributed by atoms with Crippen molar-refractivity contribution in [2.45, 2.75) is 32.9 Å². The number of amides is 1. The summed E-state index contributed by atoms with van der Waals surface area (Å²) in [5, 5.41) is 0. The number of imidazole rings is 1. The van der Waals surface area contributed by atoms with Crippen LogP contribution in [0.4, 0.5) is 4.79 Å². The van der Waals surface area contributed by atoms with Crippen LogP contribution in [0.25, 0.3) is 6.20 Å². The molecule has 0 bridgehead atoms. The Morgan fingerprint density at radius 2 is 2.19 bits per heavy atom. The van der Waals surface area contributed by atoms with E-state index < -0.39 is 5.60 Å². The second-order valence-electron chi connectivity index (χ2n) is 4.70. The number of carbonyl (C=O) groups excluding carboxylic acids is 1. The maximum atomic E-state index is 11.8. The monoisotopic (exact) mass is 221 g/mol. The first kappa shape index (κ1) is 10.7. The van der Waals surface area contributed by atoms with Crippen LogP contribution in [0.5, 0.6) is 0 Å². The Bertz CT molecular complexity index is 429. The van der Waals surface area contributed by atoms with E-state index in [1.807, 2.05) is 25.3 Å². The zero-order valence-electron chi connectivity index (χ0n) is 9.67. The lowest BCUT2D eigenvalue weighted by atomic mass is 10.2. The molecule has 1 aromatic heterocycles. The first-order valence-corrected chi connectivity index (χ1v) is 5.14. The largest absolute Gasteiger partial charge is 0.443 e. The van der Waals surface area contributed by atoms with E-state index in [-0.39, 0.29) is 6.09 Å². The van der Waals surface area contributed by atoms with Gasteiger partial charge in [-0.3, -0.25) is 4.90 Å². The van der Waals surface area contributed by atoms with Crippen molar-refractivity contribution in [1.29, 1.82) is 0 Å². The van der Waals surface area contributed by atoms with Crippen LogP contribution < -0.4 is 0 Å². The van der Waals surface area contributed by atoms with Gasteiger partial charge in [-0.25, -0.2) is 9.78 Å². The van der Waals surface area contributed by atoms with Crippen molar-refractivity contribution < 1.29 is 9.53 Å². The molecule has 0 fully saturated rings. The molecule has 0 saturated heterocycles. The standard InChI is InChI=1S/C11H15N3O2/c1-11(2,3)16-10(15)13-4-5-14-8-12-6-9(14)7-13/h4-6,8H,7H2,1-3H3. The first-order chi connectivity index (χ1) is 7.46. The molecule has 1 aromatic rings. The van der Waals surface area contributed by atoms with Crippen LogP contribution >= 0.6 is 0 Å². The van der Waals surface area contributed by atoms with Crippen LogP contribution in [-0.4, -0.2) is 26.1 Å². The van der Waals surface area contributed by atoms with Crippen molar-refractivity contribution in [2.24, 2.45) is 0 Å². The summed E-state index contributed by atoms with van der Waals surface area (Å²) in [6.45, 7) is 6.04. The van der Waals surface area contributed by atoms with E-state index in [1.165, 1.54) is 4.90 Å². The molecule has 0 N–H and O–H groups in total. The third kappa shape index (κ3) is 2.24. The number of carbonyl (C=O) groups is 1. The topological polar surface area (TPSA) is 47.4 Å². The highest BCUT2D eigenvalue weighted by molar-refractivity contribution is 5.70. The van der Waals surface area contributed by atoms with Crippen LogP contribution in [0.1, 0.15) is 26.5 Å². The Kier molecular flexibility index (Phi) is 2.46. The normalized spacial score (nSPS) is 14.8. The molecule has 2 rings (SSSR count). The van der Waals surface area contributed by atoms with Gasteiger partial charge in [0, 0.05) is 12.4 Å². The quantitative estimate of drug-likeness (QED) is 0.673. The van der Waals surface area contributed by atoms with Gasteiger partial charge in [0.1, 0.15) is 5.60 Å². The predicted molar refractivity (Wildman–Crippen MR) is 59.3 cm³/mol. The van der Waals surface area contributed by atoms with Gasteiger partial charge < -0.3 is 9.30 Å². The highest BCUT2D eigenvalue weighted by atomic mass is 16.6. The zero-order valence-corrected chi connectivity index (χ0v) is 9.67. The third-order valence-corrected chi connectivity index (χ3v) is 2.11. The van der Waals surface area contributed by atoms with E-state index in [9.17, 15) is 4.79 Å². The van der Waals surface area contributed by atoms with Gasteiger partial charge in [-0.05, 0) is 20.8 Å². The molecule has 16 heavy (non-hydrogen) atoms. The lowest BCUT2D eigenvalue weighted by Gasteiger charge is -2.26. The van der Waals surface area contributed by atoms with E-state index in [4.69, 9.17) is 4.74 Å². The van der Waals surface area contributed by atoms with Crippen molar-refractivity contribution in [3.63, 3.8) is 0 Å². The Hall–Kier alpha value is -1.78. The van der Waals surface area contributed by atoms with Crippen molar-refractivity contribution in [3.8, 4) is 0 Å². The Morgan fingerprint density at radius 3 is 2.88 bits per heavy atom. The summed E-state index contributed by atoms with van der Waals surface area (Å²) in [6.07, 6.45) is 6.59. The highest BCUT2D eigenvalue weighted by Gasteiger charge is 2.23. The molecule has 2 heterocycles. The van der Waals surface area contributed by atoms with Gasteiger partial charge >= 0.3 is 6.09 Å². The Morgan fingerprint density at radius 1 is 1.44 bits per heavy atom. The van der Waals surface area contributed by atoms with Gasteiger partial charge in [0.05, 0.1) is 24.8 Å². The van der Waals surface area contributed by atoms with Gasteiger partial charge in [-0.1, -0.05) is 0 Å². The van der Waals surface area contributed by atoms with Gasteiger partial charge in [-0.2, -0.15) is 0 Å². The van der Waals surface area contributed by atoms with Crippen LogP contribution in [0.2, 0.25) is 0 Å². The third-order valence-electron chi connectivity index (χ3n) is 2.11. The number of aromatic nitrogens is 2. The molecular weight excluding hydrogens is 206 g/mol. The fraction of sp³-hybridized carbons (Fsp3) is 0.455. The van der Waals surface area contributed by atoms with Crippen LogP contribution in [-0.2, 0) is 11.3 Å². The van der Waals surface area contributed by atoms with Gasteiger partial charge in [0.25, 0.3) is 0 Å². The van der Waals surface area contributed by atoms with Crippen LogP contribution in [0.15, 0.2) is 18.7 Å². The fourth-order valence-electron chi connectivity index (χ4n) is 1.41. The molecule has 0 spiro atoms. The average molecular weight is 221 g/mol. The minimum absolute atomic E-state index is 0.337. The molecule has 0 atom stereocenters. The van der Waals surface area contributed by atoms with Crippen molar-refractivity contribution >= 4 is 12.3 Å². The lowest BCUT2D eigenvalue weighted by molar-refractivity contribution is 0.0318. The second-order valence-corrected chi connectivity index (χ2v) is 4.70. The van der Waals surface area contributed by atoms with Crippen LogP contribution in [0, 0.1) is 0 Å². The SMILES string of the molecule is CC(C)(C)OC(=O)N1C=Cn2cncc2C1. The number of ether oxygens (including phenoxy) is 1. The average Bonchev–Trinajstić information content (AvgIpc) is 2.61. The maximum Gasteiger partial charge on any atom is 0.414 e. The number of fused-ring (bicyclic) bond motifs is 1. The summed E-state index contributed by atoms with van der Waals surface area (Å²) in [6, 6.07) is 0. The summed E-state index contributed by atoms with van der Waals surface area (Å²) < 4.78 is 7.15. The molecule has 0 radical (unpaired) electrons. The fourth-order valence-corrected chi connectivity index (χ4v) is 1.41. The number of nitrogens with zero attached hydrogens (tertiary/aromatic N) is 3. The molecular formula is C11H15N3O2. The minimum atomic E-state index is -0.470. The first-order valence-electron chi connectivity index (χ1n) is 5.14. The maximum absolute atomic E-state index is 11.8. The highest BCUT2D eigenvalue weighted by Crippen LogP contribution is 2.16. The van der Waals surface area contributed by atoms with Crippen LogP contribution in [0.3, 0.4) is 0 Å².